The van der Waals surface area contributed by atoms with Crippen molar-refractivity contribution in [3.05, 3.63) is 23.8 Å². The van der Waals surface area contributed by atoms with Crippen molar-refractivity contribution >= 4 is 17.3 Å². The number of benzene rings is 1. The van der Waals surface area contributed by atoms with Crippen LogP contribution in [0.3, 0.4) is 0 Å². The van der Waals surface area contributed by atoms with E-state index in [0.29, 0.717) is 23.1 Å². The van der Waals surface area contributed by atoms with Crippen LogP contribution in [0.25, 0.3) is 0 Å². The van der Waals surface area contributed by atoms with Crippen molar-refractivity contribution in [2.24, 2.45) is 11.8 Å². The molecule has 0 saturated heterocycles. The van der Waals surface area contributed by atoms with Crippen LogP contribution in [0.4, 0.5) is 11.4 Å². The van der Waals surface area contributed by atoms with E-state index in [2.05, 4.69) is 37.9 Å². The second-order valence-electron chi connectivity index (χ2n) is 6.05. The highest BCUT2D eigenvalue weighted by Gasteiger charge is 2.18. The predicted molar refractivity (Wildman–Crippen MR) is 86.1 cm³/mol. The first kappa shape index (κ1) is 16.3. The lowest BCUT2D eigenvalue weighted by atomic mass is 10.1. The van der Waals surface area contributed by atoms with Crippen LogP contribution in [-0.4, -0.2) is 26.0 Å². The van der Waals surface area contributed by atoms with E-state index in [1.807, 2.05) is 6.07 Å². The maximum absolute atomic E-state index is 12.0. The first-order chi connectivity index (χ1) is 9.35. The predicted octanol–water partition coefficient (Wildman–Crippen LogP) is 2.75. The summed E-state index contributed by atoms with van der Waals surface area (Å²) < 4.78 is 0. The maximum Gasteiger partial charge on any atom is 0.253 e. The van der Waals surface area contributed by atoms with Crippen LogP contribution in [0.5, 0.6) is 0 Å². The van der Waals surface area contributed by atoms with Crippen LogP contribution >= 0.6 is 0 Å². The Labute approximate surface area is 122 Å². The molecule has 4 nitrogen and oxygen atoms in total. The summed E-state index contributed by atoms with van der Waals surface area (Å²) >= 11 is 0. The number of nitrogens with one attached hydrogen (secondary N) is 1. The first-order valence-corrected chi connectivity index (χ1v) is 7.21. The van der Waals surface area contributed by atoms with E-state index in [-0.39, 0.29) is 5.91 Å². The van der Waals surface area contributed by atoms with E-state index in [1.54, 1.807) is 19.2 Å². The molecule has 0 aromatic heterocycles. The molecule has 4 heteroatoms. The molecule has 20 heavy (non-hydrogen) atoms. The fourth-order valence-electron chi connectivity index (χ4n) is 2.29. The number of amides is 1. The smallest absolute Gasteiger partial charge is 0.253 e. The minimum absolute atomic E-state index is 0.0717. The van der Waals surface area contributed by atoms with Crippen molar-refractivity contribution in [2.75, 3.05) is 30.8 Å². The number of carbonyl (C=O) groups is 1. The van der Waals surface area contributed by atoms with E-state index in [4.69, 9.17) is 5.73 Å². The van der Waals surface area contributed by atoms with Crippen LogP contribution < -0.4 is 16.0 Å². The van der Waals surface area contributed by atoms with E-state index in [9.17, 15) is 4.79 Å². The lowest BCUT2D eigenvalue weighted by Crippen LogP contribution is -2.33. The van der Waals surface area contributed by atoms with Gasteiger partial charge in [0.1, 0.15) is 0 Å². The van der Waals surface area contributed by atoms with Crippen LogP contribution in [-0.2, 0) is 0 Å². The Morgan fingerprint density at radius 1 is 1.20 bits per heavy atom. The third-order valence-electron chi connectivity index (χ3n) is 3.01. The molecule has 0 aliphatic rings. The number of hydrogen-bond donors (Lipinski definition) is 2. The molecule has 1 rings (SSSR count). The summed E-state index contributed by atoms with van der Waals surface area (Å²) in [4.78, 5) is 14.3. The molecule has 0 aliphatic carbocycles. The molecule has 3 N–H and O–H groups in total. The summed E-state index contributed by atoms with van der Waals surface area (Å²) in [5.74, 6) is 0.970. The summed E-state index contributed by atoms with van der Waals surface area (Å²) in [7, 11) is 1.65. The molecule has 0 atom stereocenters. The monoisotopic (exact) mass is 277 g/mol. The SMILES string of the molecule is CNC(=O)c1ccc(N)cc1N(CC(C)C)CC(C)C. The van der Waals surface area contributed by atoms with Gasteiger partial charge in [0, 0.05) is 25.8 Å². The standard InChI is InChI=1S/C16H27N3O/c1-11(2)9-19(10-12(3)4)15-8-13(17)6-7-14(15)16(20)18-5/h6-8,11-12H,9-10,17H2,1-5H3,(H,18,20). The Balaban J connectivity index is 3.21. The zero-order chi connectivity index (χ0) is 15.3. The molecular formula is C16H27N3O. The number of anilines is 2. The third-order valence-corrected chi connectivity index (χ3v) is 3.01. The van der Waals surface area contributed by atoms with Gasteiger partial charge in [-0.05, 0) is 30.0 Å². The Kier molecular flexibility index (Phi) is 5.86. The summed E-state index contributed by atoms with van der Waals surface area (Å²) in [6, 6.07) is 5.48. The summed E-state index contributed by atoms with van der Waals surface area (Å²) in [5, 5.41) is 2.70. The van der Waals surface area contributed by atoms with Gasteiger partial charge in [0.25, 0.3) is 5.91 Å². The van der Waals surface area contributed by atoms with Gasteiger partial charge in [-0.2, -0.15) is 0 Å². The van der Waals surface area contributed by atoms with Crippen molar-refractivity contribution in [2.45, 2.75) is 27.7 Å². The normalized spacial score (nSPS) is 10.9. The molecule has 1 amide bonds. The van der Waals surface area contributed by atoms with Crippen molar-refractivity contribution in [1.29, 1.82) is 0 Å². The van der Waals surface area contributed by atoms with Crippen molar-refractivity contribution in [1.82, 2.24) is 5.32 Å². The Bertz CT molecular complexity index is 445. The summed E-state index contributed by atoms with van der Waals surface area (Å²) in [6.07, 6.45) is 0. The molecule has 0 saturated carbocycles. The van der Waals surface area contributed by atoms with Crippen molar-refractivity contribution < 1.29 is 4.79 Å². The zero-order valence-electron chi connectivity index (χ0n) is 13.2. The molecule has 1 aromatic carbocycles. The topological polar surface area (TPSA) is 58.4 Å². The molecule has 0 bridgehead atoms. The maximum atomic E-state index is 12.0. The fourth-order valence-corrected chi connectivity index (χ4v) is 2.29. The third kappa shape index (κ3) is 4.44. The number of nitrogens with zero attached hydrogens (tertiary/aromatic N) is 1. The van der Waals surface area contributed by atoms with Crippen molar-refractivity contribution in [3.8, 4) is 0 Å². The van der Waals surface area contributed by atoms with E-state index in [0.717, 1.165) is 18.8 Å². The highest BCUT2D eigenvalue weighted by molar-refractivity contribution is 6.00. The second-order valence-corrected chi connectivity index (χ2v) is 6.05. The molecule has 0 fully saturated rings. The molecule has 1 aromatic rings. The van der Waals surface area contributed by atoms with Gasteiger partial charge in [-0.25, -0.2) is 0 Å². The number of nitrogen functional groups attached to an aromatic ring is 1. The van der Waals surface area contributed by atoms with Crippen LogP contribution in [0, 0.1) is 11.8 Å². The average molecular weight is 277 g/mol. The van der Waals surface area contributed by atoms with Gasteiger partial charge < -0.3 is 16.0 Å². The van der Waals surface area contributed by atoms with Crippen LogP contribution in [0.15, 0.2) is 18.2 Å². The van der Waals surface area contributed by atoms with Gasteiger partial charge in [0.15, 0.2) is 0 Å². The lowest BCUT2D eigenvalue weighted by Gasteiger charge is -2.30. The van der Waals surface area contributed by atoms with Gasteiger partial charge >= 0.3 is 0 Å². The zero-order valence-corrected chi connectivity index (χ0v) is 13.2. The van der Waals surface area contributed by atoms with E-state index < -0.39 is 0 Å². The van der Waals surface area contributed by atoms with Gasteiger partial charge in [-0.1, -0.05) is 27.7 Å². The minimum Gasteiger partial charge on any atom is -0.399 e. The molecular weight excluding hydrogens is 250 g/mol. The number of hydrogen-bond acceptors (Lipinski definition) is 3. The van der Waals surface area contributed by atoms with Gasteiger partial charge in [0.2, 0.25) is 0 Å². The highest BCUT2D eigenvalue weighted by atomic mass is 16.1. The highest BCUT2D eigenvalue weighted by Crippen LogP contribution is 2.25. The average Bonchev–Trinajstić information content (AvgIpc) is 2.36. The van der Waals surface area contributed by atoms with Gasteiger partial charge in [-0.3, -0.25) is 4.79 Å². The summed E-state index contributed by atoms with van der Waals surface area (Å²) in [5.41, 5.74) is 8.20. The van der Waals surface area contributed by atoms with Gasteiger partial charge in [0.05, 0.1) is 11.3 Å². The molecule has 0 heterocycles. The largest absolute Gasteiger partial charge is 0.399 e. The fraction of sp³-hybridized carbons (Fsp3) is 0.562. The summed E-state index contributed by atoms with van der Waals surface area (Å²) in [6.45, 7) is 10.5. The first-order valence-electron chi connectivity index (χ1n) is 7.21. The molecule has 0 radical (unpaired) electrons. The second kappa shape index (κ2) is 7.17. The minimum atomic E-state index is -0.0717. The molecule has 0 aliphatic heterocycles. The van der Waals surface area contributed by atoms with Gasteiger partial charge in [-0.15, -0.1) is 0 Å². The number of nitrogens with two attached hydrogens (primary N) is 1. The Hall–Kier alpha value is -1.71. The Morgan fingerprint density at radius 3 is 2.20 bits per heavy atom. The lowest BCUT2D eigenvalue weighted by molar-refractivity contribution is 0.0963. The Morgan fingerprint density at radius 2 is 1.75 bits per heavy atom. The number of carbonyl (C=O) groups excluding carboxylic acids is 1. The van der Waals surface area contributed by atoms with Crippen molar-refractivity contribution in [3.63, 3.8) is 0 Å². The molecule has 0 unspecified atom stereocenters. The van der Waals surface area contributed by atoms with E-state index >= 15 is 0 Å². The number of rotatable bonds is 6. The molecule has 0 spiro atoms. The quantitative estimate of drug-likeness (QED) is 0.786. The molecule has 112 valence electrons. The van der Waals surface area contributed by atoms with E-state index in [1.165, 1.54) is 0 Å². The van der Waals surface area contributed by atoms with Crippen LogP contribution in [0.2, 0.25) is 0 Å². The van der Waals surface area contributed by atoms with Crippen LogP contribution in [0.1, 0.15) is 38.1 Å².